The first-order valence-electron chi connectivity index (χ1n) is 7.56. The average molecular weight is 298 g/mol. The molecule has 1 heterocycles. The lowest BCUT2D eigenvalue weighted by Gasteiger charge is -2.13. The van der Waals surface area contributed by atoms with Gasteiger partial charge >= 0.3 is 5.69 Å². The fraction of sp³-hybridized carbons (Fsp3) is 0.714. The standard InChI is InChI=1S/C14H26N4O3/c1-3-5-8-18-12(15)11(13(19)17-14(18)20)16-7-10-21-9-6-4-2/h16H,3-10,15H2,1-2H3,(H,17,19,20). The number of nitrogens with one attached hydrogen (secondary N) is 2. The quantitative estimate of drug-likeness (QED) is 0.562. The third-order valence-electron chi connectivity index (χ3n) is 3.17. The summed E-state index contributed by atoms with van der Waals surface area (Å²) >= 11 is 0. The van der Waals surface area contributed by atoms with Gasteiger partial charge < -0.3 is 15.8 Å². The number of nitrogen functional groups attached to an aromatic ring is 1. The molecule has 1 aromatic heterocycles. The summed E-state index contributed by atoms with van der Waals surface area (Å²) < 4.78 is 6.80. The van der Waals surface area contributed by atoms with E-state index in [9.17, 15) is 9.59 Å². The number of rotatable bonds is 10. The molecule has 0 aliphatic rings. The van der Waals surface area contributed by atoms with E-state index in [2.05, 4.69) is 17.2 Å². The largest absolute Gasteiger partial charge is 0.383 e. The van der Waals surface area contributed by atoms with Crippen molar-refractivity contribution in [2.24, 2.45) is 0 Å². The predicted molar refractivity (Wildman–Crippen MR) is 84.9 cm³/mol. The van der Waals surface area contributed by atoms with Gasteiger partial charge in [0.05, 0.1) is 6.61 Å². The Labute approximate surface area is 124 Å². The molecule has 1 rings (SSSR count). The number of nitrogens with zero attached hydrogens (tertiary/aromatic N) is 1. The molecule has 7 heteroatoms. The van der Waals surface area contributed by atoms with Crippen LogP contribution in [0.5, 0.6) is 0 Å². The minimum absolute atomic E-state index is 0.186. The fourth-order valence-electron chi connectivity index (χ4n) is 1.89. The molecule has 0 radical (unpaired) electrons. The van der Waals surface area contributed by atoms with Crippen LogP contribution in [0.1, 0.15) is 39.5 Å². The SMILES string of the molecule is CCCCOCCNc1c(N)n(CCCC)c(=O)[nH]c1=O. The van der Waals surface area contributed by atoms with Crippen molar-refractivity contribution >= 4 is 11.5 Å². The third kappa shape index (κ3) is 5.26. The summed E-state index contributed by atoms with van der Waals surface area (Å²) in [6, 6.07) is 0. The van der Waals surface area contributed by atoms with Gasteiger partial charge in [-0.25, -0.2) is 4.79 Å². The first-order chi connectivity index (χ1) is 10.1. The lowest BCUT2D eigenvalue weighted by molar-refractivity contribution is 0.141. The summed E-state index contributed by atoms with van der Waals surface area (Å²) in [4.78, 5) is 25.8. The molecule has 0 amide bonds. The maximum Gasteiger partial charge on any atom is 0.330 e. The fourth-order valence-corrected chi connectivity index (χ4v) is 1.89. The Kier molecular flexibility index (Phi) is 7.60. The molecule has 21 heavy (non-hydrogen) atoms. The van der Waals surface area contributed by atoms with Crippen LogP contribution >= 0.6 is 0 Å². The van der Waals surface area contributed by atoms with Gasteiger partial charge in [-0.2, -0.15) is 0 Å². The topological polar surface area (TPSA) is 102 Å². The lowest BCUT2D eigenvalue weighted by Crippen LogP contribution is -2.34. The van der Waals surface area contributed by atoms with Gasteiger partial charge in [0.25, 0.3) is 5.56 Å². The maximum atomic E-state index is 11.8. The molecule has 7 nitrogen and oxygen atoms in total. The Morgan fingerprint density at radius 2 is 1.90 bits per heavy atom. The van der Waals surface area contributed by atoms with Crippen LogP contribution < -0.4 is 22.3 Å². The van der Waals surface area contributed by atoms with Crippen molar-refractivity contribution in [3.63, 3.8) is 0 Å². The summed E-state index contributed by atoms with van der Waals surface area (Å²) in [6.07, 6.45) is 3.88. The molecule has 0 aliphatic carbocycles. The number of aromatic amines is 1. The highest BCUT2D eigenvalue weighted by atomic mass is 16.5. The molecule has 0 fully saturated rings. The molecule has 0 aromatic carbocycles. The van der Waals surface area contributed by atoms with Crippen LogP contribution in [-0.4, -0.2) is 29.3 Å². The molecule has 0 saturated heterocycles. The predicted octanol–water partition coefficient (Wildman–Crippen LogP) is 1.15. The minimum Gasteiger partial charge on any atom is -0.383 e. The monoisotopic (exact) mass is 298 g/mol. The average Bonchev–Trinajstić information content (AvgIpc) is 2.45. The Hall–Kier alpha value is -1.76. The molecule has 1 aromatic rings. The molecule has 120 valence electrons. The van der Waals surface area contributed by atoms with Crippen molar-refractivity contribution in [1.82, 2.24) is 9.55 Å². The van der Waals surface area contributed by atoms with Crippen molar-refractivity contribution in [2.75, 3.05) is 30.8 Å². The van der Waals surface area contributed by atoms with Gasteiger partial charge in [0.2, 0.25) is 0 Å². The number of anilines is 2. The van der Waals surface area contributed by atoms with Crippen LogP contribution in [0.3, 0.4) is 0 Å². The number of unbranched alkanes of at least 4 members (excludes halogenated alkanes) is 2. The molecule has 0 atom stereocenters. The van der Waals surface area contributed by atoms with E-state index in [1.165, 1.54) is 4.57 Å². The van der Waals surface area contributed by atoms with Crippen LogP contribution in [0, 0.1) is 0 Å². The lowest BCUT2D eigenvalue weighted by atomic mass is 10.3. The summed E-state index contributed by atoms with van der Waals surface area (Å²) in [6.45, 7) is 6.30. The first-order valence-corrected chi connectivity index (χ1v) is 7.56. The van der Waals surface area contributed by atoms with E-state index in [1.807, 2.05) is 6.92 Å². The van der Waals surface area contributed by atoms with E-state index in [4.69, 9.17) is 10.5 Å². The van der Waals surface area contributed by atoms with Gasteiger partial charge in [0, 0.05) is 19.7 Å². The van der Waals surface area contributed by atoms with Crippen LogP contribution in [0.25, 0.3) is 0 Å². The van der Waals surface area contributed by atoms with E-state index in [-0.39, 0.29) is 11.5 Å². The molecule has 0 saturated carbocycles. The first kappa shape index (κ1) is 17.3. The Morgan fingerprint density at radius 3 is 2.57 bits per heavy atom. The normalized spacial score (nSPS) is 10.8. The molecule has 4 N–H and O–H groups in total. The van der Waals surface area contributed by atoms with Gasteiger partial charge in [-0.3, -0.25) is 14.3 Å². The van der Waals surface area contributed by atoms with E-state index >= 15 is 0 Å². The summed E-state index contributed by atoms with van der Waals surface area (Å²) in [5, 5.41) is 2.95. The second-order valence-corrected chi connectivity index (χ2v) is 4.92. The summed E-state index contributed by atoms with van der Waals surface area (Å²) in [7, 11) is 0. The zero-order valence-corrected chi connectivity index (χ0v) is 12.9. The van der Waals surface area contributed by atoms with Gasteiger partial charge in [-0.15, -0.1) is 0 Å². The third-order valence-corrected chi connectivity index (χ3v) is 3.17. The van der Waals surface area contributed by atoms with Crippen molar-refractivity contribution in [1.29, 1.82) is 0 Å². The van der Waals surface area contributed by atoms with Crippen molar-refractivity contribution in [2.45, 2.75) is 46.1 Å². The van der Waals surface area contributed by atoms with Crippen LogP contribution in [0.15, 0.2) is 9.59 Å². The number of hydrogen-bond donors (Lipinski definition) is 3. The molecule has 0 bridgehead atoms. The number of ether oxygens (including phenoxy) is 1. The minimum atomic E-state index is -0.487. The molecular weight excluding hydrogens is 272 g/mol. The second-order valence-electron chi connectivity index (χ2n) is 4.92. The molecule has 0 aliphatic heterocycles. The van der Waals surface area contributed by atoms with E-state index in [0.29, 0.717) is 26.3 Å². The van der Waals surface area contributed by atoms with E-state index < -0.39 is 11.2 Å². The van der Waals surface area contributed by atoms with Crippen LogP contribution in [0.4, 0.5) is 11.5 Å². The highest BCUT2D eigenvalue weighted by molar-refractivity contribution is 5.60. The molecule has 0 unspecified atom stereocenters. The van der Waals surface area contributed by atoms with Crippen LogP contribution in [0.2, 0.25) is 0 Å². The zero-order valence-electron chi connectivity index (χ0n) is 12.9. The number of nitrogens with two attached hydrogens (primary N) is 1. The van der Waals surface area contributed by atoms with Crippen LogP contribution in [-0.2, 0) is 11.3 Å². The van der Waals surface area contributed by atoms with Crippen molar-refractivity contribution in [3.8, 4) is 0 Å². The summed E-state index contributed by atoms with van der Waals surface area (Å²) in [5.74, 6) is 0.186. The van der Waals surface area contributed by atoms with Gasteiger partial charge in [-0.1, -0.05) is 26.7 Å². The summed E-state index contributed by atoms with van der Waals surface area (Å²) in [5.41, 5.74) is 5.22. The van der Waals surface area contributed by atoms with Gasteiger partial charge in [0.15, 0.2) is 0 Å². The highest BCUT2D eigenvalue weighted by Gasteiger charge is 2.11. The van der Waals surface area contributed by atoms with Crippen molar-refractivity contribution in [3.05, 3.63) is 20.8 Å². The van der Waals surface area contributed by atoms with Gasteiger partial charge in [0.1, 0.15) is 11.5 Å². The second kappa shape index (κ2) is 9.23. The Morgan fingerprint density at radius 1 is 1.19 bits per heavy atom. The molecular formula is C14H26N4O3. The Balaban J connectivity index is 2.68. The van der Waals surface area contributed by atoms with Gasteiger partial charge in [-0.05, 0) is 12.8 Å². The smallest absolute Gasteiger partial charge is 0.330 e. The van der Waals surface area contributed by atoms with E-state index in [0.717, 1.165) is 25.7 Å². The van der Waals surface area contributed by atoms with Crippen molar-refractivity contribution < 1.29 is 4.74 Å². The number of aromatic nitrogens is 2. The number of hydrogen-bond acceptors (Lipinski definition) is 5. The Bertz CT molecular complexity index is 536. The molecule has 0 spiro atoms. The number of H-pyrrole nitrogens is 1. The highest BCUT2D eigenvalue weighted by Crippen LogP contribution is 2.10. The van der Waals surface area contributed by atoms with E-state index in [1.54, 1.807) is 0 Å². The zero-order chi connectivity index (χ0) is 15.7. The maximum absolute atomic E-state index is 11.8.